The fourth-order valence-electron chi connectivity index (χ4n) is 2.26. The summed E-state index contributed by atoms with van der Waals surface area (Å²) < 4.78 is 0. The first-order valence-corrected chi connectivity index (χ1v) is 6.10. The molecule has 2 rings (SSSR count). The maximum atomic E-state index is 10.9. The van der Waals surface area contributed by atoms with E-state index in [4.69, 9.17) is 0 Å². The van der Waals surface area contributed by atoms with Crippen molar-refractivity contribution in [1.82, 2.24) is 9.88 Å². The fraction of sp³-hybridized carbons (Fsp3) is 0.583. The Morgan fingerprint density at radius 1 is 1.61 bits per heavy atom. The van der Waals surface area contributed by atoms with Crippen molar-refractivity contribution in [3.8, 4) is 0 Å². The Balaban J connectivity index is 2.04. The van der Waals surface area contributed by atoms with Gasteiger partial charge < -0.3 is 10.2 Å². The van der Waals surface area contributed by atoms with Crippen molar-refractivity contribution in [2.24, 2.45) is 5.92 Å². The van der Waals surface area contributed by atoms with Crippen LogP contribution in [0.4, 0.5) is 11.5 Å². The summed E-state index contributed by atoms with van der Waals surface area (Å²) in [4.78, 5) is 17.0. The van der Waals surface area contributed by atoms with Gasteiger partial charge in [-0.15, -0.1) is 0 Å². The molecule has 1 aromatic rings. The van der Waals surface area contributed by atoms with Gasteiger partial charge in [0.1, 0.15) is 0 Å². The lowest BCUT2D eigenvalue weighted by atomic mass is 10.1. The zero-order valence-corrected chi connectivity index (χ0v) is 10.7. The van der Waals surface area contributed by atoms with E-state index in [1.165, 1.54) is 6.07 Å². The van der Waals surface area contributed by atoms with E-state index in [0.717, 1.165) is 31.7 Å². The van der Waals surface area contributed by atoms with Gasteiger partial charge in [0.25, 0.3) is 0 Å². The summed E-state index contributed by atoms with van der Waals surface area (Å²) in [5.74, 6) is 0.923. The number of nitrogens with zero attached hydrogens (tertiary/aromatic N) is 3. The Kier molecular flexibility index (Phi) is 3.76. The number of pyridine rings is 1. The molecule has 0 amide bonds. The summed E-state index contributed by atoms with van der Waals surface area (Å²) in [5, 5.41) is 14.0. The predicted octanol–water partition coefficient (Wildman–Crippen LogP) is 1.66. The van der Waals surface area contributed by atoms with E-state index < -0.39 is 4.92 Å². The van der Waals surface area contributed by atoms with E-state index in [1.54, 1.807) is 6.07 Å². The van der Waals surface area contributed by atoms with E-state index >= 15 is 0 Å². The average Bonchev–Trinajstić information content (AvgIpc) is 2.72. The molecule has 1 atom stereocenters. The van der Waals surface area contributed by atoms with E-state index in [2.05, 4.69) is 22.2 Å². The first-order chi connectivity index (χ1) is 8.56. The molecule has 0 bridgehead atoms. The van der Waals surface area contributed by atoms with Gasteiger partial charge in [0.2, 0.25) is 5.82 Å². The second-order valence-corrected chi connectivity index (χ2v) is 4.88. The third kappa shape index (κ3) is 2.95. The molecular weight excluding hydrogens is 232 g/mol. The van der Waals surface area contributed by atoms with E-state index in [-0.39, 0.29) is 5.69 Å². The number of anilines is 1. The number of rotatable bonds is 4. The highest BCUT2D eigenvalue weighted by Crippen LogP contribution is 2.23. The van der Waals surface area contributed by atoms with Crippen LogP contribution in [0.3, 0.4) is 0 Å². The second kappa shape index (κ2) is 5.30. The largest absolute Gasteiger partial charge is 0.364 e. The summed E-state index contributed by atoms with van der Waals surface area (Å²) in [7, 11) is 2.09. The number of aromatic nitrogens is 1. The summed E-state index contributed by atoms with van der Waals surface area (Å²) in [6, 6.07) is 3.16. The Morgan fingerprint density at radius 3 is 3.00 bits per heavy atom. The van der Waals surface area contributed by atoms with Gasteiger partial charge in [-0.1, -0.05) is 0 Å². The maximum absolute atomic E-state index is 10.9. The summed E-state index contributed by atoms with van der Waals surface area (Å²) in [6.07, 6.45) is 1.13. The fourth-order valence-corrected chi connectivity index (χ4v) is 2.26. The molecule has 6 nitrogen and oxygen atoms in total. The number of likely N-dealkylation sites (tertiary alicyclic amines) is 1. The summed E-state index contributed by atoms with van der Waals surface area (Å²) in [6.45, 7) is 4.70. The molecular formula is C12H18N4O2. The molecule has 0 aromatic carbocycles. The van der Waals surface area contributed by atoms with Crippen LogP contribution in [-0.4, -0.2) is 41.5 Å². The molecule has 0 spiro atoms. The van der Waals surface area contributed by atoms with Gasteiger partial charge in [-0.3, -0.25) is 10.1 Å². The molecule has 6 heteroatoms. The lowest BCUT2D eigenvalue weighted by molar-refractivity contribution is -0.384. The van der Waals surface area contributed by atoms with Gasteiger partial charge in [0, 0.05) is 24.8 Å². The average molecular weight is 250 g/mol. The van der Waals surface area contributed by atoms with Crippen LogP contribution in [0.1, 0.15) is 12.1 Å². The Hall–Kier alpha value is -1.69. The highest BCUT2D eigenvalue weighted by atomic mass is 16.6. The minimum Gasteiger partial charge on any atom is -0.364 e. The number of aryl methyl sites for hydroxylation is 1. The van der Waals surface area contributed by atoms with Gasteiger partial charge in [-0.25, -0.2) is 4.98 Å². The monoisotopic (exact) mass is 250 g/mol. The normalized spacial score (nSPS) is 20.0. The number of nitro groups is 1. The van der Waals surface area contributed by atoms with Crippen LogP contribution in [0.25, 0.3) is 0 Å². The van der Waals surface area contributed by atoms with Crippen molar-refractivity contribution >= 4 is 11.5 Å². The third-order valence-corrected chi connectivity index (χ3v) is 3.26. The van der Waals surface area contributed by atoms with Gasteiger partial charge >= 0.3 is 5.69 Å². The van der Waals surface area contributed by atoms with Gasteiger partial charge in [0.15, 0.2) is 0 Å². The lowest BCUT2D eigenvalue weighted by Crippen LogP contribution is -2.20. The quantitative estimate of drug-likeness (QED) is 0.650. The predicted molar refractivity (Wildman–Crippen MR) is 69.7 cm³/mol. The molecule has 1 saturated heterocycles. The van der Waals surface area contributed by atoms with Crippen LogP contribution >= 0.6 is 0 Å². The molecule has 0 saturated carbocycles. The Bertz CT molecular complexity index is 450. The lowest BCUT2D eigenvalue weighted by Gasteiger charge is -2.12. The first-order valence-electron chi connectivity index (χ1n) is 6.10. The van der Waals surface area contributed by atoms with Crippen LogP contribution in [0.2, 0.25) is 0 Å². The molecule has 1 unspecified atom stereocenters. The van der Waals surface area contributed by atoms with Crippen molar-refractivity contribution < 1.29 is 4.92 Å². The molecule has 18 heavy (non-hydrogen) atoms. The molecule has 98 valence electrons. The van der Waals surface area contributed by atoms with Crippen LogP contribution in [0.15, 0.2) is 12.1 Å². The molecule has 1 aromatic heterocycles. The van der Waals surface area contributed by atoms with E-state index in [1.807, 2.05) is 6.92 Å². The number of hydrogen-bond donors (Lipinski definition) is 1. The minimum atomic E-state index is -0.393. The van der Waals surface area contributed by atoms with Gasteiger partial charge in [-0.05, 0) is 38.9 Å². The Labute approximate surface area is 106 Å². The molecule has 0 aliphatic carbocycles. The van der Waals surface area contributed by atoms with Crippen molar-refractivity contribution in [2.75, 3.05) is 32.0 Å². The molecule has 1 fully saturated rings. The minimum absolute atomic E-state index is 0.0481. The smallest absolute Gasteiger partial charge is 0.311 e. The van der Waals surface area contributed by atoms with Crippen LogP contribution in [0, 0.1) is 23.0 Å². The molecule has 2 heterocycles. The van der Waals surface area contributed by atoms with Gasteiger partial charge in [0.05, 0.1) is 4.92 Å². The first kappa shape index (κ1) is 12.8. The molecule has 1 aliphatic rings. The molecule has 0 radical (unpaired) electrons. The zero-order chi connectivity index (χ0) is 13.1. The van der Waals surface area contributed by atoms with Gasteiger partial charge in [-0.2, -0.15) is 0 Å². The standard InChI is InChI=1S/C12H18N4O2/c1-9-3-4-11(16(17)18)12(14-9)13-7-10-5-6-15(2)8-10/h3-4,10H,5-8H2,1-2H3,(H,13,14). The molecule has 1 N–H and O–H groups in total. The summed E-state index contributed by atoms with van der Waals surface area (Å²) >= 11 is 0. The van der Waals surface area contributed by atoms with E-state index in [0.29, 0.717) is 11.7 Å². The maximum Gasteiger partial charge on any atom is 0.311 e. The highest BCUT2D eigenvalue weighted by molar-refractivity contribution is 5.56. The number of hydrogen-bond acceptors (Lipinski definition) is 5. The molecule has 1 aliphatic heterocycles. The van der Waals surface area contributed by atoms with Crippen molar-refractivity contribution in [2.45, 2.75) is 13.3 Å². The van der Waals surface area contributed by atoms with E-state index in [9.17, 15) is 10.1 Å². The van der Waals surface area contributed by atoms with Crippen molar-refractivity contribution in [3.63, 3.8) is 0 Å². The summed E-state index contributed by atoms with van der Waals surface area (Å²) in [5.41, 5.74) is 0.832. The third-order valence-electron chi connectivity index (χ3n) is 3.26. The topological polar surface area (TPSA) is 71.3 Å². The Morgan fingerprint density at radius 2 is 2.39 bits per heavy atom. The van der Waals surface area contributed by atoms with Crippen LogP contribution in [0.5, 0.6) is 0 Å². The van der Waals surface area contributed by atoms with Crippen LogP contribution in [-0.2, 0) is 0 Å². The van der Waals surface area contributed by atoms with Crippen molar-refractivity contribution in [3.05, 3.63) is 27.9 Å². The zero-order valence-electron chi connectivity index (χ0n) is 10.7. The second-order valence-electron chi connectivity index (χ2n) is 4.88. The van der Waals surface area contributed by atoms with Crippen LogP contribution < -0.4 is 5.32 Å². The number of nitrogens with one attached hydrogen (secondary N) is 1. The SMILES string of the molecule is Cc1ccc([N+](=O)[O-])c(NCC2CCN(C)C2)n1. The highest BCUT2D eigenvalue weighted by Gasteiger charge is 2.21. The van der Waals surface area contributed by atoms with Crippen molar-refractivity contribution in [1.29, 1.82) is 0 Å².